The van der Waals surface area contributed by atoms with Crippen molar-refractivity contribution < 1.29 is 4.79 Å². The zero-order chi connectivity index (χ0) is 11.7. The standard InChI is InChI=1S/C14H17NO/c1-9-6-10(2)13(11(3)7-9)8-12-4-5-15-14(12)16/h6-8H,4-5H2,1-3H3,(H,15,16)/b12-8+. The number of nitrogens with one attached hydrogen (secondary N) is 1. The van der Waals surface area contributed by atoms with E-state index in [1.165, 1.54) is 22.3 Å². The number of carbonyl (C=O) groups is 1. The van der Waals surface area contributed by atoms with Crippen molar-refractivity contribution in [2.75, 3.05) is 6.54 Å². The van der Waals surface area contributed by atoms with Crippen molar-refractivity contribution in [3.8, 4) is 0 Å². The summed E-state index contributed by atoms with van der Waals surface area (Å²) in [6.45, 7) is 7.06. The Hall–Kier alpha value is -1.57. The molecule has 1 aromatic rings. The molecule has 1 aliphatic heterocycles. The number of carbonyl (C=O) groups excluding carboxylic acids is 1. The van der Waals surface area contributed by atoms with E-state index in [1.54, 1.807) is 0 Å². The van der Waals surface area contributed by atoms with E-state index < -0.39 is 0 Å². The Kier molecular flexibility index (Phi) is 2.82. The molecule has 0 aliphatic carbocycles. The number of benzene rings is 1. The van der Waals surface area contributed by atoms with E-state index in [1.807, 2.05) is 6.08 Å². The summed E-state index contributed by atoms with van der Waals surface area (Å²) in [5.74, 6) is 0.0828. The Morgan fingerprint density at radius 1 is 1.19 bits per heavy atom. The number of hydrogen-bond acceptors (Lipinski definition) is 1. The van der Waals surface area contributed by atoms with E-state index in [0.29, 0.717) is 0 Å². The second-order valence-electron chi connectivity index (χ2n) is 4.49. The van der Waals surface area contributed by atoms with Gasteiger partial charge in [-0.25, -0.2) is 0 Å². The van der Waals surface area contributed by atoms with Crippen LogP contribution in [0.1, 0.15) is 28.7 Å². The van der Waals surface area contributed by atoms with Crippen LogP contribution in [0, 0.1) is 20.8 Å². The van der Waals surface area contributed by atoms with Crippen LogP contribution in [0.3, 0.4) is 0 Å². The van der Waals surface area contributed by atoms with Crippen LogP contribution in [0.4, 0.5) is 0 Å². The van der Waals surface area contributed by atoms with Crippen molar-refractivity contribution in [1.82, 2.24) is 5.32 Å². The molecule has 0 unspecified atom stereocenters. The summed E-state index contributed by atoms with van der Waals surface area (Å²) in [6, 6.07) is 4.32. The van der Waals surface area contributed by atoms with Gasteiger partial charge in [-0.3, -0.25) is 4.79 Å². The lowest BCUT2D eigenvalue weighted by Gasteiger charge is -2.07. The highest BCUT2D eigenvalue weighted by molar-refractivity contribution is 6.00. The molecule has 2 heteroatoms. The molecule has 1 amide bonds. The second kappa shape index (κ2) is 4.12. The minimum atomic E-state index is 0.0828. The molecule has 0 radical (unpaired) electrons. The van der Waals surface area contributed by atoms with Gasteiger partial charge in [0, 0.05) is 12.1 Å². The van der Waals surface area contributed by atoms with Gasteiger partial charge < -0.3 is 5.32 Å². The number of aryl methyl sites for hydroxylation is 3. The normalized spacial score (nSPS) is 17.9. The Morgan fingerprint density at radius 3 is 2.31 bits per heavy atom. The van der Waals surface area contributed by atoms with Crippen LogP contribution >= 0.6 is 0 Å². The summed E-state index contributed by atoms with van der Waals surface area (Å²) < 4.78 is 0. The Labute approximate surface area is 96.4 Å². The minimum absolute atomic E-state index is 0.0828. The molecule has 0 atom stereocenters. The SMILES string of the molecule is Cc1cc(C)c(/C=C2\CCNC2=O)c(C)c1. The fourth-order valence-corrected chi connectivity index (χ4v) is 2.27. The van der Waals surface area contributed by atoms with E-state index in [0.717, 1.165) is 18.5 Å². The highest BCUT2D eigenvalue weighted by atomic mass is 16.1. The molecule has 1 saturated heterocycles. The average Bonchev–Trinajstić information content (AvgIpc) is 2.57. The van der Waals surface area contributed by atoms with Crippen molar-refractivity contribution >= 4 is 12.0 Å². The summed E-state index contributed by atoms with van der Waals surface area (Å²) in [6.07, 6.45) is 2.87. The number of rotatable bonds is 1. The largest absolute Gasteiger partial charge is 0.352 e. The molecular weight excluding hydrogens is 198 g/mol. The third-order valence-electron chi connectivity index (χ3n) is 3.03. The molecule has 1 aromatic carbocycles. The Bertz CT molecular complexity index is 449. The molecule has 2 rings (SSSR count). The first-order valence-electron chi connectivity index (χ1n) is 5.64. The van der Waals surface area contributed by atoms with Crippen LogP contribution in [-0.4, -0.2) is 12.5 Å². The third kappa shape index (κ3) is 2.01. The summed E-state index contributed by atoms with van der Waals surface area (Å²) in [7, 11) is 0. The highest BCUT2D eigenvalue weighted by Crippen LogP contribution is 2.21. The molecule has 1 N–H and O–H groups in total. The Morgan fingerprint density at radius 2 is 1.81 bits per heavy atom. The van der Waals surface area contributed by atoms with Gasteiger partial charge in [0.15, 0.2) is 0 Å². The monoisotopic (exact) mass is 215 g/mol. The molecule has 1 heterocycles. The van der Waals surface area contributed by atoms with E-state index in [-0.39, 0.29) is 5.91 Å². The maximum Gasteiger partial charge on any atom is 0.247 e. The smallest absolute Gasteiger partial charge is 0.247 e. The van der Waals surface area contributed by atoms with Gasteiger partial charge in [-0.15, -0.1) is 0 Å². The molecule has 1 aliphatic rings. The van der Waals surface area contributed by atoms with Crippen molar-refractivity contribution in [2.45, 2.75) is 27.2 Å². The molecule has 84 valence electrons. The van der Waals surface area contributed by atoms with Crippen LogP contribution in [0.25, 0.3) is 6.08 Å². The lowest BCUT2D eigenvalue weighted by atomic mass is 9.97. The van der Waals surface area contributed by atoms with Crippen LogP contribution in [0.5, 0.6) is 0 Å². The van der Waals surface area contributed by atoms with Crippen LogP contribution in [0.15, 0.2) is 17.7 Å². The van der Waals surface area contributed by atoms with Gasteiger partial charge in [0.1, 0.15) is 0 Å². The predicted molar refractivity (Wildman–Crippen MR) is 66.3 cm³/mol. The van der Waals surface area contributed by atoms with E-state index in [9.17, 15) is 4.79 Å². The fourth-order valence-electron chi connectivity index (χ4n) is 2.27. The van der Waals surface area contributed by atoms with Gasteiger partial charge in [-0.1, -0.05) is 17.7 Å². The first kappa shape index (κ1) is 10.9. The van der Waals surface area contributed by atoms with Gasteiger partial charge in [0.25, 0.3) is 0 Å². The summed E-state index contributed by atoms with van der Waals surface area (Å²) in [5, 5.41) is 2.83. The molecule has 0 aromatic heterocycles. The summed E-state index contributed by atoms with van der Waals surface area (Å²) >= 11 is 0. The number of amides is 1. The molecule has 0 bridgehead atoms. The maximum absolute atomic E-state index is 11.5. The molecule has 16 heavy (non-hydrogen) atoms. The van der Waals surface area contributed by atoms with E-state index >= 15 is 0 Å². The van der Waals surface area contributed by atoms with Crippen LogP contribution < -0.4 is 5.32 Å². The lowest BCUT2D eigenvalue weighted by molar-refractivity contribution is -0.116. The lowest BCUT2D eigenvalue weighted by Crippen LogP contribution is -2.14. The predicted octanol–water partition coefficient (Wildman–Crippen LogP) is 2.52. The molecule has 0 saturated carbocycles. The van der Waals surface area contributed by atoms with Gasteiger partial charge in [0.05, 0.1) is 0 Å². The van der Waals surface area contributed by atoms with Crippen molar-refractivity contribution in [3.63, 3.8) is 0 Å². The van der Waals surface area contributed by atoms with Crippen molar-refractivity contribution in [1.29, 1.82) is 0 Å². The van der Waals surface area contributed by atoms with Gasteiger partial charge in [-0.05, 0) is 50.0 Å². The fraction of sp³-hybridized carbons (Fsp3) is 0.357. The van der Waals surface area contributed by atoms with Crippen molar-refractivity contribution in [2.24, 2.45) is 0 Å². The minimum Gasteiger partial charge on any atom is -0.352 e. The average molecular weight is 215 g/mol. The van der Waals surface area contributed by atoms with Gasteiger partial charge in [0.2, 0.25) is 5.91 Å². The maximum atomic E-state index is 11.5. The van der Waals surface area contributed by atoms with Crippen LogP contribution in [0.2, 0.25) is 0 Å². The first-order chi connectivity index (χ1) is 7.58. The quantitative estimate of drug-likeness (QED) is 0.716. The molecule has 0 spiro atoms. The van der Waals surface area contributed by atoms with Gasteiger partial charge in [-0.2, -0.15) is 0 Å². The molecular formula is C14H17NO. The van der Waals surface area contributed by atoms with Crippen molar-refractivity contribution in [3.05, 3.63) is 40.0 Å². The summed E-state index contributed by atoms with van der Waals surface area (Å²) in [5.41, 5.74) is 5.84. The molecule has 2 nitrogen and oxygen atoms in total. The topological polar surface area (TPSA) is 29.1 Å². The molecule has 1 fully saturated rings. The first-order valence-corrected chi connectivity index (χ1v) is 5.64. The third-order valence-corrected chi connectivity index (χ3v) is 3.03. The van der Waals surface area contributed by atoms with Crippen LogP contribution in [-0.2, 0) is 4.79 Å². The van der Waals surface area contributed by atoms with E-state index in [2.05, 4.69) is 38.2 Å². The summed E-state index contributed by atoms with van der Waals surface area (Å²) in [4.78, 5) is 11.5. The van der Waals surface area contributed by atoms with E-state index in [4.69, 9.17) is 0 Å². The zero-order valence-corrected chi connectivity index (χ0v) is 10.1. The number of hydrogen-bond donors (Lipinski definition) is 1. The van der Waals surface area contributed by atoms with Gasteiger partial charge >= 0.3 is 0 Å². The zero-order valence-electron chi connectivity index (χ0n) is 10.1. The Balaban J connectivity index is 2.45. The highest BCUT2D eigenvalue weighted by Gasteiger charge is 2.16. The second-order valence-corrected chi connectivity index (χ2v) is 4.49.